The van der Waals surface area contributed by atoms with Crippen LogP contribution in [-0.4, -0.2) is 36.1 Å². The van der Waals surface area contributed by atoms with Crippen LogP contribution in [0.5, 0.6) is 0 Å². The van der Waals surface area contributed by atoms with Crippen LogP contribution in [-0.2, 0) is 18.4 Å². The van der Waals surface area contributed by atoms with Gasteiger partial charge >= 0.3 is 0 Å². The molecular weight excluding hydrogens is 242 g/mol. The van der Waals surface area contributed by atoms with E-state index in [1.165, 1.54) is 55.8 Å². The number of likely N-dealkylation sites (tertiary alicyclic amines) is 1. The molecule has 1 aliphatic heterocycles. The van der Waals surface area contributed by atoms with Gasteiger partial charge in [-0.15, -0.1) is 11.3 Å². The molecule has 0 bridgehead atoms. The highest BCUT2D eigenvalue weighted by molar-refractivity contribution is 7.12. The van der Waals surface area contributed by atoms with Crippen LogP contribution < -0.4 is 5.32 Å². The average molecular weight is 263 g/mol. The molecule has 1 atom stereocenters. The number of nitrogens with zero attached hydrogens (tertiary/aromatic N) is 2. The molecular formula is C14H21N3S. The van der Waals surface area contributed by atoms with Crippen LogP contribution in [0.15, 0.2) is 0 Å². The molecule has 0 aromatic carbocycles. The number of fused-ring (bicyclic) bond motifs is 1. The van der Waals surface area contributed by atoms with E-state index < -0.39 is 0 Å². The molecule has 1 saturated carbocycles. The fourth-order valence-corrected chi connectivity index (χ4v) is 4.69. The quantitative estimate of drug-likeness (QED) is 0.903. The fourth-order valence-electron chi connectivity index (χ4n) is 3.37. The Morgan fingerprint density at radius 3 is 2.94 bits per heavy atom. The maximum Gasteiger partial charge on any atom is 0.115 e. The highest BCUT2D eigenvalue weighted by Gasteiger charge is 2.44. The van der Waals surface area contributed by atoms with Crippen molar-refractivity contribution < 1.29 is 0 Å². The summed E-state index contributed by atoms with van der Waals surface area (Å²) in [5.41, 5.74) is 1.58. The number of nitrogens with one attached hydrogen (secondary N) is 1. The first-order chi connectivity index (χ1) is 8.75. The molecule has 2 fully saturated rings. The van der Waals surface area contributed by atoms with Gasteiger partial charge in [-0.1, -0.05) is 0 Å². The molecule has 1 N–H and O–H groups in total. The van der Waals surface area contributed by atoms with E-state index in [9.17, 15) is 0 Å². The molecule has 98 valence electrons. The van der Waals surface area contributed by atoms with E-state index in [2.05, 4.69) is 17.3 Å². The second-order valence-corrected chi connectivity index (χ2v) is 7.31. The largest absolute Gasteiger partial charge is 0.304 e. The summed E-state index contributed by atoms with van der Waals surface area (Å²) in [7, 11) is 2.23. The molecule has 2 heterocycles. The smallest absolute Gasteiger partial charge is 0.115 e. The number of aryl methyl sites for hydroxylation is 2. The molecule has 2 aliphatic carbocycles. The lowest BCUT2D eigenvalue weighted by Crippen LogP contribution is -2.45. The van der Waals surface area contributed by atoms with Gasteiger partial charge in [0, 0.05) is 24.0 Å². The van der Waals surface area contributed by atoms with Crippen molar-refractivity contribution in [3.8, 4) is 0 Å². The van der Waals surface area contributed by atoms with Crippen molar-refractivity contribution in [3.63, 3.8) is 0 Å². The summed E-state index contributed by atoms with van der Waals surface area (Å²) in [4.78, 5) is 9.00. The van der Waals surface area contributed by atoms with E-state index in [0.29, 0.717) is 0 Å². The van der Waals surface area contributed by atoms with Crippen molar-refractivity contribution in [2.24, 2.45) is 0 Å². The Bertz CT molecular complexity index is 444. The van der Waals surface area contributed by atoms with E-state index in [4.69, 9.17) is 4.98 Å². The van der Waals surface area contributed by atoms with Crippen LogP contribution in [0.3, 0.4) is 0 Å². The van der Waals surface area contributed by atoms with Gasteiger partial charge in [0.1, 0.15) is 5.01 Å². The molecule has 4 rings (SSSR count). The van der Waals surface area contributed by atoms with Crippen LogP contribution in [0.2, 0.25) is 0 Å². The van der Waals surface area contributed by atoms with Gasteiger partial charge < -0.3 is 10.2 Å². The molecule has 1 unspecified atom stereocenters. The van der Waals surface area contributed by atoms with E-state index in [1.807, 2.05) is 11.3 Å². The predicted molar refractivity (Wildman–Crippen MR) is 74.1 cm³/mol. The molecule has 3 aliphatic rings. The molecule has 1 aromatic rings. The Morgan fingerprint density at radius 2 is 2.28 bits per heavy atom. The lowest BCUT2D eigenvalue weighted by molar-refractivity contribution is 0.312. The van der Waals surface area contributed by atoms with Crippen LogP contribution >= 0.6 is 11.3 Å². The number of thiazole rings is 1. The third kappa shape index (κ3) is 1.82. The van der Waals surface area contributed by atoms with Crippen molar-refractivity contribution in [2.45, 2.75) is 50.1 Å². The molecule has 3 nitrogen and oxygen atoms in total. The van der Waals surface area contributed by atoms with E-state index >= 15 is 0 Å². The number of hydrogen-bond acceptors (Lipinski definition) is 4. The molecule has 0 radical (unpaired) electrons. The van der Waals surface area contributed by atoms with Crippen LogP contribution in [0.4, 0.5) is 0 Å². The zero-order valence-corrected chi connectivity index (χ0v) is 11.9. The minimum atomic E-state index is 0.172. The van der Waals surface area contributed by atoms with Gasteiger partial charge in [-0.3, -0.25) is 0 Å². The van der Waals surface area contributed by atoms with Crippen LogP contribution in [0, 0.1) is 0 Å². The van der Waals surface area contributed by atoms with Crippen LogP contribution in [0.25, 0.3) is 0 Å². The Morgan fingerprint density at radius 1 is 1.39 bits per heavy atom. The van der Waals surface area contributed by atoms with E-state index in [0.717, 1.165) is 12.6 Å². The lowest BCUT2D eigenvalue weighted by atomic mass is 9.99. The summed E-state index contributed by atoms with van der Waals surface area (Å²) in [5.74, 6) is 0. The number of hydrogen-bond donors (Lipinski definition) is 1. The normalized spacial score (nSPS) is 32.1. The Hall–Kier alpha value is -0.450. The number of rotatable bonds is 3. The van der Waals surface area contributed by atoms with Crippen molar-refractivity contribution in [1.29, 1.82) is 0 Å². The first-order valence-corrected chi connectivity index (χ1v) is 8.02. The first kappa shape index (κ1) is 11.4. The van der Waals surface area contributed by atoms with Gasteiger partial charge in [0.25, 0.3) is 0 Å². The standard InChI is InChI=1S/C14H21N3S/c1-17-8-7-14(9-17,16-10-5-6-10)13-15-11-3-2-4-12(11)18-13/h10,16H,2-9H2,1H3. The third-order valence-electron chi connectivity index (χ3n) is 4.52. The number of aromatic nitrogens is 1. The zero-order chi connectivity index (χ0) is 12.2. The Kier molecular flexibility index (Phi) is 2.54. The Balaban J connectivity index is 1.67. The summed E-state index contributed by atoms with van der Waals surface area (Å²) in [5, 5.41) is 5.29. The molecule has 18 heavy (non-hydrogen) atoms. The minimum absolute atomic E-state index is 0.172. The first-order valence-electron chi connectivity index (χ1n) is 7.20. The molecule has 0 spiro atoms. The fraction of sp³-hybridized carbons (Fsp3) is 0.786. The van der Waals surface area contributed by atoms with E-state index in [-0.39, 0.29) is 5.54 Å². The van der Waals surface area contributed by atoms with Crippen molar-refractivity contribution in [1.82, 2.24) is 15.2 Å². The van der Waals surface area contributed by atoms with Gasteiger partial charge in [0.2, 0.25) is 0 Å². The maximum atomic E-state index is 4.99. The molecule has 1 aromatic heterocycles. The van der Waals surface area contributed by atoms with Gasteiger partial charge in [-0.2, -0.15) is 0 Å². The number of likely N-dealkylation sites (N-methyl/N-ethyl adjacent to an activating group) is 1. The molecule has 1 saturated heterocycles. The average Bonchev–Trinajstić information content (AvgIpc) is 2.75. The third-order valence-corrected chi connectivity index (χ3v) is 5.88. The summed E-state index contributed by atoms with van der Waals surface area (Å²) in [6.45, 7) is 2.33. The topological polar surface area (TPSA) is 28.2 Å². The Labute approximate surface area is 113 Å². The SMILES string of the molecule is CN1CCC(NC2CC2)(c2nc3c(s2)CCC3)C1. The van der Waals surface area contributed by atoms with Crippen LogP contribution in [0.1, 0.15) is 41.3 Å². The monoisotopic (exact) mass is 263 g/mol. The lowest BCUT2D eigenvalue weighted by Gasteiger charge is -2.28. The second kappa shape index (κ2) is 4.02. The summed E-state index contributed by atoms with van der Waals surface area (Å²) in [6, 6.07) is 0.759. The van der Waals surface area contributed by atoms with Gasteiger partial charge in [-0.25, -0.2) is 4.98 Å². The van der Waals surface area contributed by atoms with Gasteiger partial charge in [0.05, 0.1) is 11.2 Å². The summed E-state index contributed by atoms with van der Waals surface area (Å²) in [6.07, 6.45) is 7.74. The van der Waals surface area contributed by atoms with E-state index in [1.54, 1.807) is 4.88 Å². The van der Waals surface area contributed by atoms with Crippen molar-refractivity contribution in [2.75, 3.05) is 20.1 Å². The molecule has 4 heteroatoms. The van der Waals surface area contributed by atoms with Gasteiger partial charge in [-0.05, 0) is 45.6 Å². The van der Waals surface area contributed by atoms with Gasteiger partial charge in [0.15, 0.2) is 0 Å². The second-order valence-electron chi connectivity index (χ2n) is 6.23. The highest BCUT2D eigenvalue weighted by Crippen LogP contribution is 2.40. The highest BCUT2D eigenvalue weighted by atomic mass is 32.1. The predicted octanol–water partition coefficient (Wildman–Crippen LogP) is 1.91. The zero-order valence-electron chi connectivity index (χ0n) is 11.0. The van der Waals surface area contributed by atoms with Crippen molar-refractivity contribution in [3.05, 3.63) is 15.6 Å². The minimum Gasteiger partial charge on any atom is -0.304 e. The van der Waals surface area contributed by atoms with Crippen molar-refractivity contribution >= 4 is 11.3 Å². The summed E-state index contributed by atoms with van der Waals surface area (Å²) >= 11 is 1.99. The molecule has 0 amide bonds. The summed E-state index contributed by atoms with van der Waals surface area (Å²) < 4.78 is 0. The maximum absolute atomic E-state index is 4.99.